The maximum Gasteiger partial charge on any atom is 0.231 e. The van der Waals surface area contributed by atoms with Crippen LogP contribution in [0.2, 0.25) is 0 Å². The first-order chi connectivity index (χ1) is 10.1. The third kappa shape index (κ3) is 2.92. The van der Waals surface area contributed by atoms with Crippen molar-refractivity contribution in [2.45, 2.75) is 25.0 Å². The van der Waals surface area contributed by atoms with E-state index in [1.807, 2.05) is 12.1 Å². The van der Waals surface area contributed by atoms with E-state index in [4.69, 9.17) is 14.2 Å². The molecule has 2 N–H and O–H groups in total. The molecule has 0 aromatic heterocycles. The Morgan fingerprint density at radius 1 is 1.24 bits per heavy atom. The third-order valence-corrected chi connectivity index (χ3v) is 4.25. The summed E-state index contributed by atoms with van der Waals surface area (Å²) in [6, 6.07) is 3.81. The largest absolute Gasteiger partial charge is 0.496 e. The highest BCUT2D eigenvalue weighted by Crippen LogP contribution is 2.38. The number of nitrogens with zero attached hydrogens (tertiary/aromatic N) is 1. The first-order valence-corrected chi connectivity index (χ1v) is 7.16. The van der Waals surface area contributed by atoms with Gasteiger partial charge in [0.2, 0.25) is 6.79 Å². The molecule has 0 spiro atoms. The molecule has 2 aliphatic rings. The molecule has 1 saturated heterocycles. The van der Waals surface area contributed by atoms with Crippen molar-refractivity contribution in [3.63, 3.8) is 0 Å². The molecule has 0 amide bonds. The number of hydrogen-bond acceptors (Lipinski definition) is 6. The van der Waals surface area contributed by atoms with Gasteiger partial charge in [-0.25, -0.2) is 0 Å². The number of ether oxygens (including phenoxy) is 3. The SMILES string of the molecule is COc1cc2c(cc1CN1CCC(O)(CO)CC1)OCO2. The molecule has 6 heteroatoms. The summed E-state index contributed by atoms with van der Waals surface area (Å²) in [6.07, 6.45) is 1.16. The van der Waals surface area contributed by atoms with Gasteiger partial charge in [0.15, 0.2) is 11.5 Å². The lowest BCUT2D eigenvalue weighted by Gasteiger charge is -2.37. The van der Waals surface area contributed by atoms with Crippen molar-refractivity contribution >= 4 is 0 Å². The first-order valence-electron chi connectivity index (χ1n) is 7.16. The molecule has 1 fully saturated rings. The number of hydrogen-bond donors (Lipinski definition) is 2. The number of aliphatic hydroxyl groups is 2. The second-order valence-electron chi connectivity index (χ2n) is 5.68. The maximum absolute atomic E-state index is 10.1. The number of methoxy groups -OCH3 is 1. The Morgan fingerprint density at radius 2 is 1.90 bits per heavy atom. The number of fused-ring (bicyclic) bond motifs is 1. The molecular formula is C15H21NO5. The van der Waals surface area contributed by atoms with Crippen LogP contribution in [0.5, 0.6) is 17.2 Å². The van der Waals surface area contributed by atoms with Gasteiger partial charge < -0.3 is 24.4 Å². The normalized spacial score (nSPS) is 20.5. The summed E-state index contributed by atoms with van der Waals surface area (Å²) >= 11 is 0. The van der Waals surface area contributed by atoms with Gasteiger partial charge in [-0.05, 0) is 18.9 Å². The minimum atomic E-state index is -0.921. The molecule has 0 atom stereocenters. The Hall–Kier alpha value is -1.50. The molecule has 2 aliphatic heterocycles. The van der Waals surface area contributed by atoms with Crippen molar-refractivity contribution in [1.29, 1.82) is 0 Å². The van der Waals surface area contributed by atoms with Gasteiger partial charge in [0.1, 0.15) is 5.75 Å². The van der Waals surface area contributed by atoms with E-state index in [9.17, 15) is 10.2 Å². The standard InChI is InChI=1S/C15H21NO5/c1-19-12-7-14-13(20-10-21-14)6-11(12)8-16-4-2-15(18,9-17)3-5-16/h6-7,17-18H,2-5,8-10H2,1H3. The number of piperidine rings is 1. The van der Waals surface area contributed by atoms with Crippen LogP contribution in [0.15, 0.2) is 12.1 Å². The lowest BCUT2D eigenvalue weighted by Crippen LogP contribution is -2.46. The molecule has 1 aromatic rings. The summed E-state index contributed by atoms with van der Waals surface area (Å²) in [7, 11) is 1.64. The fourth-order valence-electron chi connectivity index (χ4n) is 2.81. The minimum Gasteiger partial charge on any atom is -0.496 e. The lowest BCUT2D eigenvalue weighted by atomic mass is 9.92. The zero-order chi connectivity index (χ0) is 14.9. The zero-order valence-corrected chi connectivity index (χ0v) is 12.2. The summed E-state index contributed by atoms with van der Waals surface area (Å²) in [5.41, 5.74) is 0.117. The van der Waals surface area contributed by atoms with E-state index >= 15 is 0 Å². The molecule has 0 aliphatic carbocycles. The lowest BCUT2D eigenvalue weighted by molar-refractivity contribution is -0.0607. The van der Waals surface area contributed by atoms with Crippen molar-refractivity contribution < 1.29 is 24.4 Å². The summed E-state index contributed by atoms with van der Waals surface area (Å²) < 4.78 is 16.2. The number of likely N-dealkylation sites (tertiary alicyclic amines) is 1. The van der Waals surface area contributed by atoms with Crippen molar-refractivity contribution in [3.8, 4) is 17.2 Å². The van der Waals surface area contributed by atoms with Gasteiger partial charge >= 0.3 is 0 Å². The quantitative estimate of drug-likeness (QED) is 0.854. The summed E-state index contributed by atoms with van der Waals surface area (Å²) in [4.78, 5) is 2.24. The molecule has 0 unspecified atom stereocenters. The van der Waals surface area contributed by atoms with Gasteiger partial charge in [0.25, 0.3) is 0 Å². The maximum atomic E-state index is 10.1. The Labute approximate surface area is 123 Å². The zero-order valence-electron chi connectivity index (χ0n) is 12.2. The number of benzene rings is 1. The summed E-state index contributed by atoms with van der Waals surface area (Å²) in [5, 5.41) is 19.2. The van der Waals surface area contributed by atoms with Gasteiger partial charge in [0, 0.05) is 31.3 Å². The molecular weight excluding hydrogens is 274 g/mol. The van der Waals surface area contributed by atoms with E-state index in [1.165, 1.54) is 0 Å². The topological polar surface area (TPSA) is 71.4 Å². The fraction of sp³-hybridized carbons (Fsp3) is 0.600. The second-order valence-corrected chi connectivity index (χ2v) is 5.68. The fourth-order valence-corrected chi connectivity index (χ4v) is 2.81. The van der Waals surface area contributed by atoms with Gasteiger partial charge in [-0.3, -0.25) is 4.90 Å². The van der Waals surface area contributed by atoms with Crippen molar-refractivity contribution in [2.24, 2.45) is 0 Å². The van der Waals surface area contributed by atoms with Gasteiger partial charge in [0.05, 0.1) is 19.3 Å². The average molecular weight is 295 g/mol. The molecule has 6 nitrogen and oxygen atoms in total. The minimum absolute atomic E-state index is 0.172. The predicted molar refractivity (Wildman–Crippen MR) is 75.7 cm³/mol. The van der Waals surface area contributed by atoms with E-state index in [2.05, 4.69) is 4.90 Å². The summed E-state index contributed by atoms with van der Waals surface area (Å²) in [5.74, 6) is 2.24. The van der Waals surface area contributed by atoms with Crippen molar-refractivity contribution in [2.75, 3.05) is 33.6 Å². The molecule has 0 saturated carbocycles. The molecule has 0 radical (unpaired) electrons. The van der Waals surface area contributed by atoms with Gasteiger partial charge in [-0.2, -0.15) is 0 Å². The highest BCUT2D eigenvalue weighted by Gasteiger charge is 2.32. The predicted octanol–water partition coefficient (Wildman–Crippen LogP) is 0.743. The van der Waals surface area contributed by atoms with Crippen LogP contribution in [0.25, 0.3) is 0 Å². The second kappa shape index (κ2) is 5.71. The molecule has 0 bridgehead atoms. The molecule has 21 heavy (non-hydrogen) atoms. The van der Waals surface area contributed by atoms with Crippen molar-refractivity contribution in [1.82, 2.24) is 4.90 Å². The molecule has 3 rings (SSSR count). The number of aliphatic hydroxyl groups excluding tert-OH is 1. The van der Waals surface area contributed by atoms with Crippen LogP contribution in [0.4, 0.5) is 0 Å². The van der Waals surface area contributed by atoms with Gasteiger partial charge in [-0.15, -0.1) is 0 Å². The Balaban J connectivity index is 1.71. The molecule has 2 heterocycles. The van der Waals surface area contributed by atoms with E-state index < -0.39 is 5.60 Å². The van der Waals surface area contributed by atoms with Crippen LogP contribution < -0.4 is 14.2 Å². The Bertz CT molecular complexity index is 511. The molecule has 1 aromatic carbocycles. The first kappa shape index (κ1) is 14.4. The van der Waals surface area contributed by atoms with E-state index in [1.54, 1.807) is 7.11 Å². The average Bonchev–Trinajstić information content (AvgIpc) is 2.96. The van der Waals surface area contributed by atoms with E-state index in [-0.39, 0.29) is 13.4 Å². The monoisotopic (exact) mass is 295 g/mol. The Morgan fingerprint density at radius 3 is 2.52 bits per heavy atom. The van der Waals surface area contributed by atoms with Gasteiger partial charge in [-0.1, -0.05) is 0 Å². The van der Waals surface area contributed by atoms with Crippen LogP contribution in [-0.4, -0.2) is 54.3 Å². The van der Waals surface area contributed by atoms with E-state index in [0.29, 0.717) is 18.6 Å². The van der Waals surface area contributed by atoms with Crippen LogP contribution >= 0.6 is 0 Å². The molecule has 116 valence electrons. The third-order valence-electron chi connectivity index (χ3n) is 4.25. The number of rotatable bonds is 4. The highest BCUT2D eigenvalue weighted by molar-refractivity contribution is 5.51. The summed E-state index contributed by atoms with van der Waals surface area (Å²) in [6.45, 7) is 2.29. The Kier molecular flexibility index (Phi) is 3.93. The van der Waals surface area contributed by atoms with Crippen LogP contribution in [-0.2, 0) is 6.54 Å². The van der Waals surface area contributed by atoms with Crippen LogP contribution in [0.3, 0.4) is 0 Å². The van der Waals surface area contributed by atoms with Crippen molar-refractivity contribution in [3.05, 3.63) is 17.7 Å². The van der Waals surface area contributed by atoms with Crippen LogP contribution in [0.1, 0.15) is 18.4 Å². The smallest absolute Gasteiger partial charge is 0.231 e. The highest BCUT2D eigenvalue weighted by atomic mass is 16.7. The van der Waals surface area contributed by atoms with E-state index in [0.717, 1.165) is 36.7 Å². The van der Waals surface area contributed by atoms with Crippen LogP contribution in [0, 0.1) is 0 Å².